The highest BCUT2D eigenvalue weighted by molar-refractivity contribution is 7.11. The van der Waals surface area contributed by atoms with E-state index in [2.05, 4.69) is 15.6 Å². The molecule has 3 amide bonds. The molecule has 1 aliphatic heterocycles. The van der Waals surface area contributed by atoms with Crippen molar-refractivity contribution in [2.24, 2.45) is 0 Å². The number of nitrogens with one attached hydrogen (secondary N) is 2. The lowest BCUT2D eigenvalue weighted by Gasteiger charge is -2.26. The number of fused-ring (bicyclic) bond motifs is 2. The molecule has 2 N–H and O–H groups in total. The molecule has 2 aromatic rings. The number of hydrogen-bond acceptors (Lipinski definition) is 4. The standard InChI is InChI=1S/C19H22N4O2S/c1-23-10-9-12-13(18(23)24)5-4-7-14(12)22-19(25)20-11-17-21-15-6-2-3-8-16(15)26-17/h4-5,7H,2-3,6,8-11H2,1H3,(H2,20,22,25). The van der Waals surface area contributed by atoms with Gasteiger partial charge in [-0.3, -0.25) is 4.79 Å². The summed E-state index contributed by atoms with van der Waals surface area (Å²) in [5, 5.41) is 6.74. The molecule has 4 rings (SSSR count). The second-order valence-electron chi connectivity index (χ2n) is 6.80. The summed E-state index contributed by atoms with van der Waals surface area (Å²) in [5.41, 5.74) is 3.50. The number of hydrogen-bond donors (Lipinski definition) is 2. The zero-order valence-electron chi connectivity index (χ0n) is 14.8. The average molecular weight is 370 g/mol. The van der Waals surface area contributed by atoms with E-state index in [1.807, 2.05) is 12.1 Å². The van der Waals surface area contributed by atoms with Crippen LogP contribution in [0, 0.1) is 0 Å². The molecule has 1 aromatic carbocycles. The van der Waals surface area contributed by atoms with Crippen molar-refractivity contribution in [2.45, 2.75) is 38.6 Å². The summed E-state index contributed by atoms with van der Waals surface area (Å²) in [6.07, 6.45) is 5.34. The van der Waals surface area contributed by atoms with Crippen molar-refractivity contribution < 1.29 is 9.59 Å². The Morgan fingerprint density at radius 1 is 1.27 bits per heavy atom. The molecule has 136 valence electrons. The highest BCUT2D eigenvalue weighted by Crippen LogP contribution is 2.27. The zero-order chi connectivity index (χ0) is 18.1. The summed E-state index contributed by atoms with van der Waals surface area (Å²) in [6, 6.07) is 5.20. The van der Waals surface area contributed by atoms with Crippen molar-refractivity contribution in [1.29, 1.82) is 0 Å². The number of nitrogens with zero attached hydrogens (tertiary/aromatic N) is 2. The fourth-order valence-corrected chi connectivity index (χ4v) is 4.66. The maximum Gasteiger partial charge on any atom is 0.319 e. The van der Waals surface area contributed by atoms with Crippen LogP contribution >= 0.6 is 11.3 Å². The molecule has 2 aliphatic rings. The number of carbonyl (C=O) groups is 2. The van der Waals surface area contributed by atoms with Gasteiger partial charge in [0.15, 0.2) is 0 Å². The van der Waals surface area contributed by atoms with Crippen LogP contribution in [0.2, 0.25) is 0 Å². The Morgan fingerprint density at radius 3 is 2.96 bits per heavy atom. The van der Waals surface area contributed by atoms with Gasteiger partial charge in [0, 0.05) is 29.7 Å². The molecule has 6 nitrogen and oxygen atoms in total. The monoisotopic (exact) mass is 370 g/mol. The van der Waals surface area contributed by atoms with Gasteiger partial charge in [-0.1, -0.05) is 6.07 Å². The van der Waals surface area contributed by atoms with Crippen molar-refractivity contribution in [2.75, 3.05) is 18.9 Å². The van der Waals surface area contributed by atoms with Crippen molar-refractivity contribution in [3.05, 3.63) is 44.9 Å². The van der Waals surface area contributed by atoms with E-state index in [0.717, 1.165) is 29.8 Å². The zero-order valence-corrected chi connectivity index (χ0v) is 15.6. The minimum absolute atomic E-state index is 0.00340. The topological polar surface area (TPSA) is 74.3 Å². The Morgan fingerprint density at radius 2 is 2.12 bits per heavy atom. The molecule has 0 saturated carbocycles. The Kier molecular flexibility index (Phi) is 4.63. The molecule has 0 unspecified atom stereocenters. The Balaban J connectivity index is 1.41. The van der Waals surface area contributed by atoms with Gasteiger partial charge in [-0.15, -0.1) is 11.3 Å². The van der Waals surface area contributed by atoms with Gasteiger partial charge in [0.05, 0.1) is 12.2 Å². The van der Waals surface area contributed by atoms with E-state index in [0.29, 0.717) is 24.3 Å². The molecule has 7 heteroatoms. The fraction of sp³-hybridized carbons (Fsp3) is 0.421. The summed E-state index contributed by atoms with van der Waals surface area (Å²) >= 11 is 1.70. The average Bonchev–Trinajstić information content (AvgIpc) is 3.06. The number of carbonyl (C=O) groups excluding carboxylic acids is 2. The third-order valence-corrected chi connectivity index (χ3v) is 6.15. The van der Waals surface area contributed by atoms with Gasteiger partial charge in [0.2, 0.25) is 0 Å². The van der Waals surface area contributed by atoms with Crippen LogP contribution in [0.3, 0.4) is 0 Å². The Bertz CT molecular complexity index is 838. The molecule has 1 aliphatic carbocycles. The number of likely N-dealkylation sites (N-methyl/N-ethyl adjacent to an activating group) is 1. The molecular formula is C19H22N4O2S. The summed E-state index contributed by atoms with van der Waals surface area (Å²) in [5.74, 6) is 0.00340. The molecule has 0 fully saturated rings. The number of anilines is 1. The number of amides is 3. The fourth-order valence-electron chi connectivity index (χ4n) is 3.56. The molecule has 26 heavy (non-hydrogen) atoms. The lowest BCUT2D eigenvalue weighted by molar-refractivity contribution is 0.0781. The predicted molar refractivity (Wildman–Crippen MR) is 102 cm³/mol. The van der Waals surface area contributed by atoms with Crippen LogP contribution in [0.25, 0.3) is 0 Å². The van der Waals surface area contributed by atoms with Crippen molar-refractivity contribution >= 4 is 29.0 Å². The summed E-state index contributed by atoms with van der Waals surface area (Å²) in [4.78, 5) is 32.3. The summed E-state index contributed by atoms with van der Waals surface area (Å²) in [7, 11) is 1.80. The largest absolute Gasteiger partial charge is 0.341 e. The SMILES string of the molecule is CN1CCc2c(NC(=O)NCc3nc4c(s3)CCCC4)cccc2C1=O. The van der Waals surface area contributed by atoms with Crippen LogP contribution < -0.4 is 10.6 Å². The maximum absolute atomic E-state index is 12.3. The van der Waals surface area contributed by atoms with E-state index in [1.54, 1.807) is 29.4 Å². The minimum atomic E-state index is -0.266. The highest BCUT2D eigenvalue weighted by atomic mass is 32.1. The molecule has 0 radical (unpaired) electrons. The third-order valence-electron chi connectivity index (χ3n) is 4.99. The highest BCUT2D eigenvalue weighted by Gasteiger charge is 2.24. The first-order chi connectivity index (χ1) is 12.6. The smallest absolute Gasteiger partial charge is 0.319 e. The van der Waals surface area contributed by atoms with Crippen LogP contribution in [0.15, 0.2) is 18.2 Å². The van der Waals surface area contributed by atoms with Crippen LogP contribution in [0.5, 0.6) is 0 Å². The van der Waals surface area contributed by atoms with Gasteiger partial charge in [-0.2, -0.15) is 0 Å². The molecule has 0 saturated heterocycles. The van der Waals surface area contributed by atoms with Gasteiger partial charge in [0.25, 0.3) is 5.91 Å². The van der Waals surface area contributed by atoms with Gasteiger partial charge >= 0.3 is 6.03 Å². The van der Waals surface area contributed by atoms with E-state index >= 15 is 0 Å². The lowest BCUT2D eigenvalue weighted by atomic mass is 9.97. The van der Waals surface area contributed by atoms with Crippen molar-refractivity contribution in [1.82, 2.24) is 15.2 Å². The molecular weight excluding hydrogens is 348 g/mol. The molecule has 0 atom stereocenters. The second kappa shape index (κ2) is 7.07. The molecule has 0 bridgehead atoms. The first kappa shape index (κ1) is 17.0. The van der Waals surface area contributed by atoms with Gasteiger partial charge in [0.1, 0.15) is 5.01 Å². The molecule has 1 aromatic heterocycles. The summed E-state index contributed by atoms with van der Waals surface area (Å²) < 4.78 is 0. The van der Waals surface area contributed by atoms with Gasteiger partial charge < -0.3 is 15.5 Å². The minimum Gasteiger partial charge on any atom is -0.341 e. The van der Waals surface area contributed by atoms with Crippen LogP contribution in [0.1, 0.15) is 44.3 Å². The number of aryl methyl sites for hydroxylation is 2. The van der Waals surface area contributed by atoms with Crippen molar-refractivity contribution in [3.8, 4) is 0 Å². The van der Waals surface area contributed by atoms with E-state index in [1.165, 1.54) is 23.4 Å². The van der Waals surface area contributed by atoms with E-state index in [9.17, 15) is 9.59 Å². The molecule has 0 spiro atoms. The van der Waals surface area contributed by atoms with E-state index < -0.39 is 0 Å². The Labute approximate surface area is 156 Å². The van der Waals surface area contributed by atoms with E-state index in [4.69, 9.17) is 0 Å². The Hall–Kier alpha value is -2.41. The van der Waals surface area contributed by atoms with Gasteiger partial charge in [-0.25, -0.2) is 9.78 Å². The first-order valence-corrected chi connectivity index (χ1v) is 9.83. The van der Waals surface area contributed by atoms with Gasteiger partial charge in [-0.05, 0) is 49.8 Å². The van der Waals surface area contributed by atoms with E-state index in [-0.39, 0.29) is 11.9 Å². The third kappa shape index (κ3) is 3.31. The number of rotatable bonds is 3. The lowest BCUT2D eigenvalue weighted by Crippen LogP contribution is -2.35. The van der Waals surface area contributed by atoms with Crippen LogP contribution in [0.4, 0.5) is 10.5 Å². The first-order valence-electron chi connectivity index (χ1n) is 9.01. The number of benzene rings is 1. The quantitative estimate of drug-likeness (QED) is 0.872. The number of aromatic nitrogens is 1. The maximum atomic E-state index is 12.3. The van der Waals surface area contributed by atoms with Crippen LogP contribution in [-0.4, -0.2) is 35.4 Å². The second-order valence-corrected chi connectivity index (χ2v) is 7.97. The molecule has 2 heterocycles. The van der Waals surface area contributed by atoms with Crippen LogP contribution in [-0.2, 0) is 25.8 Å². The summed E-state index contributed by atoms with van der Waals surface area (Å²) in [6.45, 7) is 1.09. The van der Waals surface area contributed by atoms with Crippen molar-refractivity contribution in [3.63, 3.8) is 0 Å². The predicted octanol–water partition coefficient (Wildman–Crippen LogP) is 2.97. The number of thiazole rings is 1. The number of urea groups is 1. The normalized spacial score (nSPS) is 16.0.